The quantitative estimate of drug-likeness (QED) is 0.501. The number of hydrogen-bond donors (Lipinski definition) is 2. The van der Waals surface area contributed by atoms with Crippen molar-refractivity contribution < 1.29 is 8.76 Å². The summed E-state index contributed by atoms with van der Waals surface area (Å²) in [6.45, 7) is 0. The van der Waals surface area contributed by atoms with Crippen molar-refractivity contribution in [2.75, 3.05) is 0 Å². The van der Waals surface area contributed by atoms with Gasteiger partial charge >= 0.3 is 0 Å². The lowest BCUT2D eigenvalue weighted by Crippen LogP contribution is -1.85. The lowest BCUT2D eigenvalue weighted by atomic mass is 10.4. The fourth-order valence-corrected chi connectivity index (χ4v) is 1.08. The summed E-state index contributed by atoms with van der Waals surface area (Å²) < 4.78 is 19.0. The molecule has 0 aliphatic heterocycles. The average Bonchev–Trinajstić information content (AvgIpc) is 1.88. The number of thiol groups is 1. The highest BCUT2D eigenvalue weighted by Gasteiger charge is 1.96. The molecule has 0 aliphatic rings. The molecule has 0 fully saturated rings. The third-order valence-corrected chi connectivity index (χ3v) is 2.01. The summed E-state index contributed by atoms with van der Waals surface area (Å²) in [6, 6.07) is 6.48. The Hall–Kier alpha value is -0.320. The van der Waals surface area contributed by atoms with Crippen molar-refractivity contribution in [1.82, 2.24) is 0 Å². The van der Waals surface area contributed by atoms with E-state index in [1.165, 1.54) is 0 Å². The van der Waals surface area contributed by atoms with Crippen molar-refractivity contribution in [1.29, 1.82) is 0 Å². The molecule has 0 saturated heterocycles. The zero-order valence-corrected chi connectivity index (χ0v) is 6.73. The largest absolute Gasteiger partial charge is 0.302 e. The van der Waals surface area contributed by atoms with Gasteiger partial charge in [-0.15, -0.1) is 12.6 Å². The van der Waals surface area contributed by atoms with E-state index < -0.39 is 11.1 Å². The topological polar surface area (TPSA) is 37.3 Å². The highest BCUT2D eigenvalue weighted by molar-refractivity contribution is 7.80. The zero-order valence-electron chi connectivity index (χ0n) is 5.02. The molecule has 0 aliphatic carbocycles. The predicted molar refractivity (Wildman–Crippen MR) is 42.7 cm³/mol. The molecule has 4 heteroatoms. The van der Waals surface area contributed by atoms with E-state index in [2.05, 4.69) is 12.6 Å². The summed E-state index contributed by atoms with van der Waals surface area (Å²) in [6.07, 6.45) is 0. The van der Waals surface area contributed by atoms with Gasteiger partial charge in [0.05, 0.1) is 4.90 Å². The van der Waals surface area contributed by atoms with Crippen LogP contribution in [0.5, 0.6) is 0 Å². The van der Waals surface area contributed by atoms with Gasteiger partial charge in [-0.3, -0.25) is 0 Å². The Morgan fingerprint density at radius 1 is 1.30 bits per heavy atom. The lowest BCUT2D eigenvalue weighted by molar-refractivity contribution is 0.564. The SMILES string of the molecule is O=S(O)c1ccc(S)cc1. The van der Waals surface area contributed by atoms with Crippen molar-refractivity contribution in [2.45, 2.75) is 9.79 Å². The second-order valence-corrected chi connectivity index (χ2v) is 3.23. The van der Waals surface area contributed by atoms with Gasteiger partial charge in [0, 0.05) is 4.90 Å². The van der Waals surface area contributed by atoms with Crippen LogP contribution >= 0.6 is 12.6 Å². The van der Waals surface area contributed by atoms with E-state index in [1.807, 2.05) is 0 Å². The second-order valence-electron chi connectivity index (χ2n) is 1.74. The average molecular weight is 174 g/mol. The van der Waals surface area contributed by atoms with E-state index in [0.717, 1.165) is 4.90 Å². The first-order chi connectivity index (χ1) is 4.70. The van der Waals surface area contributed by atoms with Gasteiger partial charge in [0.25, 0.3) is 0 Å². The first-order valence-corrected chi connectivity index (χ1v) is 4.15. The van der Waals surface area contributed by atoms with Crippen molar-refractivity contribution in [2.24, 2.45) is 0 Å². The Bertz CT molecular complexity index is 242. The van der Waals surface area contributed by atoms with Crippen LogP contribution in [0.4, 0.5) is 0 Å². The molecule has 2 nitrogen and oxygen atoms in total. The normalized spacial score (nSPS) is 13.0. The molecular formula is C6H6O2S2. The summed E-state index contributed by atoms with van der Waals surface area (Å²) >= 11 is 2.15. The van der Waals surface area contributed by atoms with Gasteiger partial charge in [-0.1, -0.05) is 0 Å². The standard InChI is InChI=1S/C6H6O2S2/c7-10(8)6-3-1-5(9)2-4-6/h1-4,9H,(H,7,8). The van der Waals surface area contributed by atoms with E-state index in [1.54, 1.807) is 24.3 Å². The van der Waals surface area contributed by atoms with Crippen LogP contribution in [0.3, 0.4) is 0 Å². The molecule has 0 saturated carbocycles. The van der Waals surface area contributed by atoms with Crippen LogP contribution in [0.15, 0.2) is 34.1 Å². The van der Waals surface area contributed by atoms with Gasteiger partial charge in [-0.25, -0.2) is 4.21 Å². The van der Waals surface area contributed by atoms with E-state index in [-0.39, 0.29) is 0 Å². The molecule has 0 spiro atoms. The minimum Gasteiger partial charge on any atom is -0.302 e. The fraction of sp³-hybridized carbons (Fsp3) is 0. The molecule has 0 heterocycles. The van der Waals surface area contributed by atoms with Crippen molar-refractivity contribution >= 4 is 23.7 Å². The van der Waals surface area contributed by atoms with Crippen LogP contribution in [-0.2, 0) is 11.1 Å². The maximum Gasteiger partial charge on any atom is 0.186 e. The minimum absolute atomic E-state index is 0.401. The van der Waals surface area contributed by atoms with E-state index >= 15 is 0 Å². The zero-order chi connectivity index (χ0) is 7.56. The maximum absolute atomic E-state index is 10.4. The van der Waals surface area contributed by atoms with Crippen molar-refractivity contribution in [3.8, 4) is 0 Å². The number of rotatable bonds is 1. The van der Waals surface area contributed by atoms with E-state index in [9.17, 15) is 4.21 Å². The molecule has 1 rings (SSSR count). The fourth-order valence-electron chi connectivity index (χ4n) is 0.563. The van der Waals surface area contributed by atoms with Gasteiger partial charge in [0.1, 0.15) is 0 Å². The van der Waals surface area contributed by atoms with Crippen LogP contribution < -0.4 is 0 Å². The molecule has 1 aromatic rings. The lowest BCUT2D eigenvalue weighted by Gasteiger charge is -1.93. The summed E-state index contributed by atoms with van der Waals surface area (Å²) in [5.74, 6) is 0. The Labute approximate surface area is 67.0 Å². The minimum atomic E-state index is -1.87. The molecule has 10 heavy (non-hydrogen) atoms. The Balaban J connectivity index is 3.00. The first-order valence-electron chi connectivity index (χ1n) is 2.60. The van der Waals surface area contributed by atoms with Gasteiger partial charge in [-0.05, 0) is 24.3 Å². The van der Waals surface area contributed by atoms with Crippen LogP contribution in [0.25, 0.3) is 0 Å². The van der Waals surface area contributed by atoms with Gasteiger partial charge < -0.3 is 4.55 Å². The van der Waals surface area contributed by atoms with Crippen LogP contribution in [0.2, 0.25) is 0 Å². The summed E-state index contributed by atoms with van der Waals surface area (Å²) in [7, 11) is 0. The van der Waals surface area contributed by atoms with Gasteiger partial charge in [0.2, 0.25) is 0 Å². The Morgan fingerprint density at radius 2 is 1.80 bits per heavy atom. The van der Waals surface area contributed by atoms with Crippen LogP contribution in [-0.4, -0.2) is 8.76 Å². The highest BCUT2D eigenvalue weighted by atomic mass is 32.2. The Morgan fingerprint density at radius 3 is 2.20 bits per heavy atom. The molecule has 0 amide bonds. The van der Waals surface area contributed by atoms with Gasteiger partial charge in [-0.2, -0.15) is 0 Å². The molecule has 0 radical (unpaired) electrons. The molecule has 1 N–H and O–H groups in total. The molecule has 54 valence electrons. The third kappa shape index (κ3) is 1.83. The van der Waals surface area contributed by atoms with Crippen molar-refractivity contribution in [3.63, 3.8) is 0 Å². The molecule has 0 bridgehead atoms. The summed E-state index contributed by atoms with van der Waals surface area (Å²) in [5.41, 5.74) is 0. The number of benzene rings is 1. The van der Waals surface area contributed by atoms with E-state index in [4.69, 9.17) is 4.55 Å². The maximum atomic E-state index is 10.4. The third-order valence-electron chi connectivity index (χ3n) is 1.04. The highest BCUT2D eigenvalue weighted by Crippen LogP contribution is 2.09. The summed E-state index contributed by atoms with van der Waals surface area (Å²) in [5, 5.41) is 0. The molecule has 1 unspecified atom stereocenters. The Kier molecular flexibility index (Phi) is 2.48. The molecule has 0 aromatic heterocycles. The molecule has 1 atom stereocenters. The summed E-state index contributed by atoms with van der Waals surface area (Å²) in [4.78, 5) is 1.19. The smallest absolute Gasteiger partial charge is 0.186 e. The van der Waals surface area contributed by atoms with Crippen molar-refractivity contribution in [3.05, 3.63) is 24.3 Å². The number of hydrogen-bond acceptors (Lipinski definition) is 2. The van der Waals surface area contributed by atoms with Crippen LogP contribution in [0, 0.1) is 0 Å². The second kappa shape index (κ2) is 3.18. The monoisotopic (exact) mass is 174 g/mol. The predicted octanol–water partition coefficient (Wildman–Crippen LogP) is 1.56. The van der Waals surface area contributed by atoms with Crippen LogP contribution in [0.1, 0.15) is 0 Å². The van der Waals surface area contributed by atoms with Gasteiger partial charge in [0.15, 0.2) is 11.1 Å². The first kappa shape index (κ1) is 7.78. The molecular weight excluding hydrogens is 168 g/mol. The van der Waals surface area contributed by atoms with E-state index in [0.29, 0.717) is 4.90 Å². The molecule has 1 aromatic carbocycles.